The Morgan fingerprint density at radius 2 is 2.07 bits per heavy atom. The molecule has 0 saturated carbocycles. The lowest BCUT2D eigenvalue weighted by Gasteiger charge is -2.10. The van der Waals surface area contributed by atoms with Crippen LogP contribution in [0.15, 0.2) is 16.7 Å². The van der Waals surface area contributed by atoms with Crippen LogP contribution in [0.4, 0.5) is 0 Å². The van der Waals surface area contributed by atoms with Crippen LogP contribution >= 0.6 is 0 Å². The highest BCUT2D eigenvalue weighted by Crippen LogP contribution is 2.12. The number of hydrogen-bond acceptors (Lipinski definition) is 4. The molecule has 2 rings (SSSR count). The first-order valence-corrected chi connectivity index (χ1v) is 4.70. The van der Waals surface area contributed by atoms with Crippen molar-refractivity contribution in [2.24, 2.45) is 0 Å². The van der Waals surface area contributed by atoms with E-state index in [0.29, 0.717) is 5.95 Å². The summed E-state index contributed by atoms with van der Waals surface area (Å²) in [6.07, 6.45) is 1.65. The first-order chi connectivity index (χ1) is 6.83. The second-order valence-electron chi connectivity index (χ2n) is 3.01. The molecule has 1 saturated heterocycles. The molecule has 0 aromatic carbocycles. The lowest BCUT2D eigenvalue weighted by atomic mass is 10.4. The van der Waals surface area contributed by atoms with Crippen LogP contribution in [0, 0.1) is 6.92 Å². The summed E-state index contributed by atoms with van der Waals surface area (Å²) in [7, 11) is 1.58. The van der Waals surface area contributed by atoms with Crippen molar-refractivity contribution in [2.75, 3.05) is 33.4 Å². The van der Waals surface area contributed by atoms with E-state index in [1.165, 1.54) is 0 Å². The van der Waals surface area contributed by atoms with Gasteiger partial charge in [0.15, 0.2) is 0 Å². The Morgan fingerprint density at radius 3 is 2.29 bits per heavy atom. The molecule has 0 radical (unpaired) electrons. The Hall–Kier alpha value is -1.00. The smallest absolute Gasteiger partial charge is 0.284 e. The predicted octanol–water partition coefficient (Wildman–Crippen LogP) is 1.20. The third kappa shape index (κ3) is 4.30. The van der Waals surface area contributed by atoms with Gasteiger partial charge >= 0.3 is 0 Å². The highest BCUT2D eigenvalue weighted by molar-refractivity contribution is 5.14. The van der Waals surface area contributed by atoms with E-state index >= 15 is 0 Å². The molecule has 0 atom stereocenters. The number of rotatable bonds is 1. The van der Waals surface area contributed by atoms with Gasteiger partial charge in [0, 0.05) is 19.2 Å². The Morgan fingerprint density at radius 1 is 1.36 bits per heavy atom. The largest absolute Gasteiger partial charge is 0.468 e. The number of hydrogen-bond donors (Lipinski definition) is 1. The maximum absolute atomic E-state index is 5.01. The Kier molecular flexibility index (Phi) is 5.11. The van der Waals surface area contributed by atoms with Gasteiger partial charge in [-0.1, -0.05) is 0 Å². The summed E-state index contributed by atoms with van der Waals surface area (Å²) in [5.41, 5.74) is 1.09. The number of ether oxygens (including phenoxy) is 2. The fraction of sp³-hybridized carbons (Fsp3) is 0.600. The van der Waals surface area contributed by atoms with Crippen molar-refractivity contribution in [3.63, 3.8) is 0 Å². The van der Waals surface area contributed by atoms with Crippen LogP contribution in [0.5, 0.6) is 5.95 Å². The van der Waals surface area contributed by atoms with Crippen molar-refractivity contribution in [3.05, 3.63) is 17.9 Å². The molecular formula is C10H17NO3. The standard InChI is InChI=1S/C6H8O2.C4H9NO/c1-5-3-6(7-2)8-4-5;1-3-6-4-2-5-1/h3-4H,1-2H3;5H,1-4H2. The molecule has 0 bridgehead atoms. The molecule has 14 heavy (non-hydrogen) atoms. The van der Waals surface area contributed by atoms with Crippen LogP contribution in [0.2, 0.25) is 0 Å². The number of aryl methyl sites for hydroxylation is 1. The molecule has 0 amide bonds. The molecule has 80 valence electrons. The highest BCUT2D eigenvalue weighted by atomic mass is 16.6. The summed E-state index contributed by atoms with van der Waals surface area (Å²) in [6, 6.07) is 1.83. The van der Waals surface area contributed by atoms with E-state index in [1.54, 1.807) is 13.4 Å². The van der Waals surface area contributed by atoms with Crippen molar-refractivity contribution in [3.8, 4) is 5.95 Å². The Bertz CT molecular complexity index is 232. The van der Waals surface area contributed by atoms with E-state index < -0.39 is 0 Å². The molecule has 4 heteroatoms. The third-order valence-corrected chi connectivity index (χ3v) is 1.75. The van der Waals surface area contributed by atoms with Crippen LogP contribution in [0.25, 0.3) is 0 Å². The topological polar surface area (TPSA) is 43.6 Å². The maximum atomic E-state index is 5.01. The summed E-state index contributed by atoms with van der Waals surface area (Å²) < 4.78 is 14.7. The molecule has 1 aliphatic heterocycles. The van der Waals surface area contributed by atoms with Gasteiger partial charge in [0.1, 0.15) is 0 Å². The molecule has 1 aromatic heterocycles. The lowest BCUT2D eigenvalue weighted by Crippen LogP contribution is -2.30. The number of methoxy groups -OCH3 is 1. The predicted molar refractivity (Wildman–Crippen MR) is 53.7 cm³/mol. The van der Waals surface area contributed by atoms with Gasteiger partial charge in [-0.3, -0.25) is 0 Å². The lowest BCUT2D eigenvalue weighted by molar-refractivity contribution is 0.109. The van der Waals surface area contributed by atoms with Gasteiger partial charge in [-0.15, -0.1) is 0 Å². The molecule has 2 heterocycles. The van der Waals surface area contributed by atoms with E-state index in [4.69, 9.17) is 13.9 Å². The van der Waals surface area contributed by atoms with Crippen LogP contribution in [0.3, 0.4) is 0 Å². The van der Waals surface area contributed by atoms with E-state index in [1.807, 2.05) is 13.0 Å². The zero-order valence-electron chi connectivity index (χ0n) is 8.71. The monoisotopic (exact) mass is 199 g/mol. The minimum Gasteiger partial charge on any atom is -0.468 e. The van der Waals surface area contributed by atoms with Crippen LogP contribution < -0.4 is 10.1 Å². The van der Waals surface area contributed by atoms with Gasteiger partial charge in [0.25, 0.3) is 5.95 Å². The number of morpholine rings is 1. The van der Waals surface area contributed by atoms with Crippen molar-refractivity contribution in [2.45, 2.75) is 6.92 Å². The average molecular weight is 199 g/mol. The minimum atomic E-state index is 0.572. The van der Waals surface area contributed by atoms with Crippen LogP contribution in [-0.4, -0.2) is 33.4 Å². The highest BCUT2D eigenvalue weighted by Gasteiger charge is 1.93. The molecule has 0 spiro atoms. The van der Waals surface area contributed by atoms with Crippen molar-refractivity contribution < 1.29 is 13.9 Å². The zero-order chi connectivity index (χ0) is 10.2. The van der Waals surface area contributed by atoms with Gasteiger partial charge in [-0.2, -0.15) is 0 Å². The third-order valence-electron chi connectivity index (χ3n) is 1.75. The molecule has 1 aliphatic rings. The van der Waals surface area contributed by atoms with E-state index in [0.717, 1.165) is 31.9 Å². The molecule has 0 unspecified atom stereocenters. The van der Waals surface area contributed by atoms with E-state index in [9.17, 15) is 0 Å². The van der Waals surface area contributed by atoms with Gasteiger partial charge in [-0.05, 0) is 12.5 Å². The molecular weight excluding hydrogens is 182 g/mol. The average Bonchev–Trinajstić information content (AvgIpc) is 2.68. The second kappa shape index (κ2) is 6.45. The van der Waals surface area contributed by atoms with Gasteiger partial charge in [-0.25, -0.2) is 0 Å². The molecule has 1 aromatic rings. The fourth-order valence-electron chi connectivity index (χ4n) is 1.03. The molecule has 1 N–H and O–H groups in total. The summed E-state index contributed by atoms with van der Waals surface area (Å²) in [5.74, 6) is 0.572. The van der Waals surface area contributed by atoms with Crippen molar-refractivity contribution >= 4 is 0 Å². The minimum absolute atomic E-state index is 0.572. The molecule has 1 fully saturated rings. The molecule has 4 nitrogen and oxygen atoms in total. The second-order valence-corrected chi connectivity index (χ2v) is 3.01. The summed E-state index contributed by atoms with van der Waals surface area (Å²) in [5, 5.41) is 3.16. The summed E-state index contributed by atoms with van der Waals surface area (Å²) in [4.78, 5) is 0. The maximum Gasteiger partial charge on any atom is 0.284 e. The normalized spacial score (nSPS) is 15.6. The quantitative estimate of drug-likeness (QED) is 0.738. The number of nitrogens with one attached hydrogen (secondary N) is 1. The number of furan rings is 1. The summed E-state index contributed by atoms with van der Waals surface area (Å²) in [6.45, 7) is 5.78. The SMILES string of the molecule is C1COCCN1.COc1cc(C)co1. The van der Waals surface area contributed by atoms with Crippen LogP contribution in [0.1, 0.15) is 5.56 Å². The van der Waals surface area contributed by atoms with Gasteiger partial charge < -0.3 is 19.2 Å². The zero-order valence-corrected chi connectivity index (χ0v) is 8.71. The first-order valence-electron chi connectivity index (χ1n) is 4.70. The van der Waals surface area contributed by atoms with Gasteiger partial charge in [0.2, 0.25) is 0 Å². The van der Waals surface area contributed by atoms with Gasteiger partial charge in [0.05, 0.1) is 26.6 Å². The Labute approximate surface area is 84.2 Å². The van der Waals surface area contributed by atoms with E-state index in [2.05, 4.69) is 5.32 Å². The fourth-order valence-corrected chi connectivity index (χ4v) is 1.03. The summed E-state index contributed by atoms with van der Waals surface area (Å²) >= 11 is 0. The first kappa shape index (κ1) is 11.1. The van der Waals surface area contributed by atoms with Crippen LogP contribution in [-0.2, 0) is 4.74 Å². The Balaban J connectivity index is 0.000000146. The molecule has 0 aliphatic carbocycles. The van der Waals surface area contributed by atoms with Crippen molar-refractivity contribution in [1.82, 2.24) is 5.32 Å². The van der Waals surface area contributed by atoms with Crippen molar-refractivity contribution in [1.29, 1.82) is 0 Å². The van der Waals surface area contributed by atoms with E-state index in [-0.39, 0.29) is 0 Å².